The van der Waals surface area contributed by atoms with E-state index in [-0.39, 0.29) is 12.5 Å². The third kappa shape index (κ3) is 4.53. The number of nitrogens with one attached hydrogen (secondary N) is 1. The molecule has 2 aromatic carbocycles. The molecule has 2 atom stereocenters. The van der Waals surface area contributed by atoms with Gasteiger partial charge in [0.2, 0.25) is 0 Å². The molecule has 0 heterocycles. The lowest BCUT2D eigenvalue weighted by atomic mass is 9.93. The maximum atomic E-state index is 11.2. The summed E-state index contributed by atoms with van der Waals surface area (Å²) in [5.41, 5.74) is 0.976. The number of carbonyl (C=O) groups is 1. The Labute approximate surface area is 157 Å². The highest BCUT2D eigenvalue weighted by atomic mass is 35.5. The highest BCUT2D eigenvalue weighted by molar-refractivity contribution is 6.31. The van der Waals surface area contributed by atoms with Crippen LogP contribution in [0.1, 0.15) is 17.5 Å². The van der Waals surface area contributed by atoms with Crippen LogP contribution >= 0.6 is 23.2 Å². The summed E-state index contributed by atoms with van der Waals surface area (Å²) in [6, 6.07) is 14.6. The Morgan fingerprint density at radius 2 is 1.84 bits per heavy atom. The van der Waals surface area contributed by atoms with Crippen molar-refractivity contribution >= 4 is 29.2 Å². The zero-order chi connectivity index (χ0) is 18.4. The molecule has 1 fully saturated rings. The fourth-order valence-electron chi connectivity index (χ4n) is 2.87. The van der Waals surface area contributed by atoms with E-state index in [4.69, 9.17) is 28.3 Å². The lowest BCUT2D eigenvalue weighted by molar-refractivity contribution is -0.140. The molecular weight excluding hydrogens is 361 g/mol. The van der Waals surface area contributed by atoms with Crippen LogP contribution in [0.4, 0.5) is 0 Å². The Balaban J connectivity index is 0.000000196. The average molecular weight is 382 g/mol. The van der Waals surface area contributed by atoms with E-state index in [1.807, 2.05) is 31.3 Å². The molecule has 1 aliphatic rings. The van der Waals surface area contributed by atoms with Crippen molar-refractivity contribution in [2.45, 2.75) is 18.4 Å². The predicted octanol–water partition coefficient (Wildman–Crippen LogP) is 3.73. The zero-order valence-electron chi connectivity index (χ0n) is 13.9. The van der Waals surface area contributed by atoms with Crippen molar-refractivity contribution in [2.24, 2.45) is 5.92 Å². The van der Waals surface area contributed by atoms with E-state index in [0.29, 0.717) is 11.4 Å². The minimum atomic E-state index is -0.890. The van der Waals surface area contributed by atoms with Crippen LogP contribution < -0.4 is 5.32 Å². The van der Waals surface area contributed by atoms with Crippen molar-refractivity contribution in [2.75, 3.05) is 13.7 Å². The van der Waals surface area contributed by atoms with Gasteiger partial charge in [-0.1, -0.05) is 53.5 Å². The van der Waals surface area contributed by atoms with Gasteiger partial charge in [0.1, 0.15) is 0 Å². The van der Waals surface area contributed by atoms with Gasteiger partial charge in [-0.15, -0.1) is 0 Å². The SMILES string of the molecule is CNCc1ccccc1Cl.O=C(O)[C@@]1(c2ccc(Cl)cc2)C[C@H]1CO. The molecule has 3 rings (SSSR count). The van der Waals surface area contributed by atoms with Crippen molar-refractivity contribution < 1.29 is 15.0 Å². The summed E-state index contributed by atoms with van der Waals surface area (Å²) in [6.07, 6.45) is 0.500. The number of aliphatic hydroxyl groups is 1. The highest BCUT2D eigenvalue weighted by Crippen LogP contribution is 2.54. The first-order valence-corrected chi connectivity index (χ1v) is 8.69. The molecular formula is C19H21Cl2NO3. The first kappa shape index (κ1) is 19.7. The molecule has 1 saturated carbocycles. The molecule has 0 bridgehead atoms. The standard InChI is InChI=1S/C11H11ClO3.C8H10ClN/c12-9-3-1-7(2-4-9)11(10(14)15)5-8(11)6-13;1-10-6-7-4-2-3-5-8(7)9/h1-4,8,13H,5-6H2,(H,14,15);2-5,10H,6H2,1H3/t8-,11+;/m0./s1. The van der Waals surface area contributed by atoms with Crippen LogP contribution in [0, 0.1) is 5.92 Å². The van der Waals surface area contributed by atoms with E-state index >= 15 is 0 Å². The molecule has 0 unspecified atom stereocenters. The molecule has 4 nitrogen and oxygen atoms in total. The number of carboxylic acid groups (broad SMARTS) is 1. The van der Waals surface area contributed by atoms with Gasteiger partial charge in [-0.25, -0.2) is 0 Å². The molecule has 0 radical (unpaired) electrons. The van der Waals surface area contributed by atoms with Crippen molar-refractivity contribution in [3.63, 3.8) is 0 Å². The van der Waals surface area contributed by atoms with Gasteiger partial charge < -0.3 is 15.5 Å². The maximum absolute atomic E-state index is 11.2. The Hall–Kier alpha value is -1.59. The van der Waals surface area contributed by atoms with E-state index in [0.717, 1.165) is 22.7 Å². The minimum absolute atomic E-state index is 0.0884. The monoisotopic (exact) mass is 381 g/mol. The topological polar surface area (TPSA) is 69.6 Å². The van der Waals surface area contributed by atoms with Gasteiger partial charge in [-0.2, -0.15) is 0 Å². The van der Waals surface area contributed by atoms with Gasteiger partial charge in [0.05, 0.1) is 5.41 Å². The van der Waals surface area contributed by atoms with E-state index < -0.39 is 11.4 Å². The smallest absolute Gasteiger partial charge is 0.314 e. The van der Waals surface area contributed by atoms with Crippen LogP contribution in [-0.4, -0.2) is 29.8 Å². The number of aliphatic carboxylic acids is 1. The highest BCUT2D eigenvalue weighted by Gasteiger charge is 2.61. The minimum Gasteiger partial charge on any atom is -0.481 e. The van der Waals surface area contributed by atoms with Gasteiger partial charge in [0, 0.05) is 29.1 Å². The summed E-state index contributed by atoms with van der Waals surface area (Å²) in [5.74, 6) is -1.04. The Kier molecular flexibility index (Phi) is 6.85. The Bertz CT molecular complexity index is 721. The molecule has 2 aromatic rings. The van der Waals surface area contributed by atoms with E-state index in [2.05, 4.69) is 5.32 Å². The quantitative estimate of drug-likeness (QED) is 0.737. The van der Waals surface area contributed by atoms with Crippen molar-refractivity contribution in [1.29, 1.82) is 0 Å². The lowest BCUT2D eigenvalue weighted by Crippen LogP contribution is -2.23. The largest absolute Gasteiger partial charge is 0.481 e. The second-order valence-corrected chi connectivity index (χ2v) is 6.83. The molecule has 1 aliphatic carbocycles. The average Bonchev–Trinajstić information content (AvgIpc) is 3.34. The van der Waals surface area contributed by atoms with Gasteiger partial charge in [0.15, 0.2) is 0 Å². The van der Waals surface area contributed by atoms with Gasteiger partial charge in [-0.05, 0) is 42.8 Å². The molecule has 3 N–H and O–H groups in total. The number of carboxylic acids is 1. The molecule has 6 heteroatoms. The molecule has 0 saturated heterocycles. The summed E-state index contributed by atoms with van der Waals surface area (Å²) in [6.45, 7) is 0.745. The number of aliphatic hydroxyl groups excluding tert-OH is 1. The molecule has 0 amide bonds. The zero-order valence-corrected chi connectivity index (χ0v) is 15.4. The summed E-state index contributed by atoms with van der Waals surface area (Å²) >= 11 is 11.6. The number of hydrogen-bond acceptors (Lipinski definition) is 3. The fourth-order valence-corrected chi connectivity index (χ4v) is 3.20. The summed E-state index contributed by atoms with van der Waals surface area (Å²) < 4.78 is 0. The normalized spacial score (nSPS) is 21.2. The van der Waals surface area contributed by atoms with E-state index in [1.54, 1.807) is 24.3 Å². The number of benzene rings is 2. The van der Waals surface area contributed by atoms with Crippen LogP contribution in [0.15, 0.2) is 48.5 Å². The van der Waals surface area contributed by atoms with Gasteiger partial charge in [0.25, 0.3) is 0 Å². The fraction of sp³-hybridized carbons (Fsp3) is 0.316. The van der Waals surface area contributed by atoms with Crippen LogP contribution in [-0.2, 0) is 16.8 Å². The maximum Gasteiger partial charge on any atom is 0.314 e. The summed E-state index contributed by atoms with van der Waals surface area (Å²) in [7, 11) is 1.91. The molecule has 134 valence electrons. The van der Waals surface area contributed by atoms with Crippen molar-refractivity contribution in [3.05, 3.63) is 69.7 Å². The molecule has 0 aliphatic heterocycles. The molecule has 0 aromatic heterocycles. The van der Waals surface area contributed by atoms with Crippen LogP contribution in [0.2, 0.25) is 10.0 Å². The second-order valence-electron chi connectivity index (χ2n) is 5.99. The van der Waals surface area contributed by atoms with Gasteiger partial charge in [-0.3, -0.25) is 4.79 Å². The first-order valence-electron chi connectivity index (χ1n) is 7.94. The number of rotatable bonds is 5. The third-order valence-electron chi connectivity index (χ3n) is 4.39. The molecule has 0 spiro atoms. The third-order valence-corrected chi connectivity index (χ3v) is 5.01. The van der Waals surface area contributed by atoms with Crippen LogP contribution in [0.25, 0.3) is 0 Å². The van der Waals surface area contributed by atoms with Crippen molar-refractivity contribution in [1.82, 2.24) is 5.32 Å². The second kappa shape index (κ2) is 8.68. The Morgan fingerprint density at radius 1 is 1.20 bits per heavy atom. The first-order chi connectivity index (χ1) is 12.0. The van der Waals surface area contributed by atoms with Crippen molar-refractivity contribution in [3.8, 4) is 0 Å². The molecule has 25 heavy (non-hydrogen) atoms. The summed E-state index contributed by atoms with van der Waals surface area (Å²) in [4.78, 5) is 11.2. The van der Waals surface area contributed by atoms with E-state index in [1.165, 1.54) is 0 Å². The van der Waals surface area contributed by atoms with Crippen LogP contribution in [0.3, 0.4) is 0 Å². The summed E-state index contributed by atoms with van der Waals surface area (Å²) in [5, 5.41) is 22.7. The number of hydrogen-bond donors (Lipinski definition) is 3. The number of halogens is 2. The van der Waals surface area contributed by atoms with Crippen LogP contribution in [0.5, 0.6) is 0 Å². The predicted molar refractivity (Wildman–Crippen MR) is 100 cm³/mol. The Morgan fingerprint density at radius 3 is 2.32 bits per heavy atom. The lowest BCUT2D eigenvalue weighted by Gasteiger charge is -2.11. The van der Waals surface area contributed by atoms with Gasteiger partial charge >= 0.3 is 5.97 Å². The van der Waals surface area contributed by atoms with E-state index in [9.17, 15) is 9.90 Å².